The molecule has 172 valence electrons. The SMILES string of the molecule is O=C1NC(CCCCN(CCO)CCO)CNC1CCCCN(CCO)CCO. The molecule has 9 nitrogen and oxygen atoms in total. The van der Waals surface area contributed by atoms with E-state index in [0.717, 1.165) is 58.2 Å². The third-order valence-corrected chi connectivity index (χ3v) is 5.43. The van der Waals surface area contributed by atoms with Crippen molar-refractivity contribution in [3.05, 3.63) is 0 Å². The molecule has 0 aliphatic carbocycles. The molecule has 0 saturated carbocycles. The minimum Gasteiger partial charge on any atom is -0.395 e. The van der Waals surface area contributed by atoms with Crippen LogP contribution in [-0.2, 0) is 4.79 Å². The predicted octanol–water partition coefficient (Wildman–Crippen LogP) is -1.64. The van der Waals surface area contributed by atoms with Crippen LogP contribution in [0.3, 0.4) is 0 Å². The van der Waals surface area contributed by atoms with Crippen LogP contribution in [0.25, 0.3) is 0 Å². The quantitative estimate of drug-likeness (QED) is 0.146. The highest BCUT2D eigenvalue weighted by Gasteiger charge is 2.26. The predicted molar refractivity (Wildman–Crippen MR) is 113 cm³/mol. The lowest BCUT2D eigenvalue weighted by atomic mass is 10.0. The van der Waals surface area contributed by atoms with Gasteiger partial charge in [-0.1, -0.05) is 12.8 Å². The lowest BCUT2D eigenvalue weighted by Crippen LogP contribution is -2.58. The van der Waals surface area contributed by atoms with E-state index in [1.165, 1.54) is 0 Å². The van der Waals surface area contributed by atoms with Crippen LogP contribution in [0.1, 0.15) is 38.5 Å². The van der Waals surface area contributed by atoms with Gasteiger partial charge in [-0.15, -0.1) is 0 Å². The van der Waals surface area contributed by atoms with Crippen LogP contribution in [0.2, 0.25) is 0 Å². The number of carbonyl (C=O) groups is 1. The molecule has 2 atom stereocenters. The number of nitrogens with zero attached hydrogens (tertiary/aromatic N) is 2. The van der Waals surface area contributed by atoms with Crippen molar-refractivity contribution in [3.8, 4) is 0 Å². The second-order valence-corrected chi connectivity index (χ2v) is 7.74. The fourth-order valence-corrected chi connectivity index (χ4v) is 3.78. The van der Waals surface area contributed by atoms with Crippen molar-refractivity contribution in [3.63, 3.8) is 0 Å². The molecule has 1 rings (SSSR count). The Hall–Kier alpha value is -0.810. The van der Waals surface area contributed by atoms with E-state index in [0.29, 0.717) is 26.2 Å². The average molecular weight is 419 g/mol. The monoisotopic (exact) mass is 418 g/mol. The lowest BCUT2D eigenvalue weighted by Gasteiger charge is -2.31. The van der Waals surface area contributed by atoms with Gasteiger partial charge in [0.25, 0.3) is 0 Å². The van der Waals surface area contributed by atoms with Crippen molar-refractivity contribution < 1.29 is 25.2 Å². The van der Waals surface area contributed by atoms with Gasteiger partial charge in [-0.25, -0.2) is 0 Å². The van der Waals surface area contributed by atoms with Gasteiger partial charge in [-0.05, 0) is 38.8 Å². The molecule has 0 aromatic heterocycles. The van der Waals surface area contributed by atoms with Crippen LogP contribution in [0.4, 0.5) is 0 Å². The second-order valence-electron chi connectivity index (χ2n) is 7.74. The molecule has 1 heterocycles. The Kier molecular flexibility index (Phi) is 15.3. The number of rotatable bonds is 18. The summed E-state index contributed by atoms with van der Waals surface area (Å²) in [5, 5.41) is 42.6. The van der Waals surface area contributed by atoms with Crippen molar-refractivity contribution in [2.45, 2.75) is 50.6 Å². The van der Waals surface area contributed by atoms with Gasteiger partial charge in [-0.2, -0.15) is 0 Å². The molecule has 0 aromatic rings. The van der Waals surface area contributed by atoms with Gasteiger partial charge in [-0.3, -0.25) is 14.6 Å². The van der Waals surface area contributed by atoms with Crippen molar-refractivity contribution in [1.29, 1.82) is 0 Å². The van der Waals surface area contributed by atoms with Crippen LogP contribution in [-0.4, -0.2) is 120 Å². The largest absolute Gasteiger partial charge is 0.395 e. The standard InChI is InChI=1S/C20H42N4O5/c25-13-9-23(10-14-26)7-3-1-5-18-17-21-19(20(29)22-18)6-2-4-8-24(11-15-27)12-16-28/h18-19,21,25-28H,1-17H2,(H,22,29). The van der Waals surface area contributed by atoms with E-state index < -0.39 is 0 Å². The highest BCUT2D eigenvalue weighted by Crippen LogP contribution is 2.10. The molecule has 1 aliphatic rings. The summed E-state index contributed by atoms with van der Waals surface area (Å²) in [5.41, 5.74) is 0. The van der Waals surface area contributed by atoms with Crippen LogP contribution in [0.15, 0.2) is 0 Å². The number of hydrogen-bond acceptors (Lipinski definition) is 8. The first-order valence-electron chi connectivity index (χ1n) is 11.1. The summed E-state index contributed by atoms with van der Waals surface area (Å²) >= 11 is 0. The van der Waals surface area contributed by atoms with Gasteiger partial charge >= 0.3 is 0 Å². The number of nitrogens with one attached hydrogen (secondary N) is 2. The maximum atomic E-state index is 12.3. The molecule has 1 fully saturated rings. The van der Waals surface area contributed by atoms with E-state index in [9.17, 15) is 4.79 Å². The normalized spacial score (nSPS) is 19.9. The number of aliphatic hydroxyl groups excluding tert-OH is 4. The Labute approximate surface area is 175 Å². The van der Waals surface area contributed by atoms with Gasteiger partial charge in [0.05, 0.1) is 32.5 Å². The van der Waals surface area contributed by atoms with E-state index >= 15 is 0 Å². The van der Waals surface area contributed by atoms with E-state index in [4.69, 9.17) is 20.4 Å². The Balaban J connectivity index is 2.15. The molecule has 1 aliphatic heterocycles. The molecular formula is C20H42N4O5. The Bertz CT molecular complexity index is 404. The molecule has 2 unspecified atom stereocenters. The Morgan fingerprint density at radius 3 is 1.66 bits per heavy atom. The van der Waals surface area contributed by atoms with Crippen LogP contribution in [0.5, 0.6) is 0 Å². The number of unbranched alkanes of at least 4 members (excludes halogenated alkanes) is 2. The summed E-state index contributed by atoms with van der Waals surface area (Å²) in [6, 6.07) is 0.0208. The number of hydrogen-bond donors (Lipinski definition) is 6. The maximum Gasteiger partial charge on any atom is 0.237 e. The number of aliphatic hydroxyl groups is 4. The molecule has 1 saturated heterocycles. The smallest absolute Gasteiger partial charge is 0.237 e. The molecule has 29 heavy (non-hydrogen) atoms. The fourth-order valence-electron chi connectivity index (χ4n) is 3.78. The summed E-state index contributed by atoms with van der Waals surface area (Å²) in [6.07, 6.45) is 5.56. The first-order valence-corrected chi connectivity index (χ1v) is 11.1. The van der Waals surface area contributed by atoms with E-state index in [1.54, 1.807) is 0 Å². The van der Waals surface area contributed by atoms with Crippen molar-refractivity contribution in [2.75, 3.05) is 72.2 Å². The summed E-state index contributed by atoms with van der Waals surface area (Å²) < 4.78 is 0. The molecule has 1 amide bonds. The minimum absolute atomic E-state index is 0.0750. The highest BCUT2D eigenvalue weighted by molar-refractivity contribution is 5.82. The third kappa shape index (κ3) is 11.8. The van der Waals surface area contributed by atoms with E-state index in [1.807, 2.05) is 4.90 Å². The molecule has 0 bridgehead atoms. The first-order chi connectivity index (χ1) is 14.1. The average Bonchev–Trinajstić information content (AvgIpc) is 2.70. The van der Waals surface area contributed by atoms with Crippen molar-refractivity contribution in [1.82, 2.24) is 20.4 Å². The Morgan fingerprint density at radius 2 is 1.21 bits per heavy atom. The van der Waals surface area contributed by atoms with E-state index in [2.05, 4.69) is 15.5 Å². The van der Waals surface area contributed by atoms with Gasteiger partial charge in [0.15, 0.2) is 0 Å². The first kappa shape index (κ1) is 26.2. The van der Waals surface area contributed by atoms with Gasteiger partial charge in [0, 0.05) is 38.8 Å². The third-order valence-electron chi connectivity index (χ3n) is 5.43. The number of carbonyl (C=O) groups excluding carboxylic acids is 1. The lowest BCUT2D eigenvalue weighted by molar-refractivity contribution is -0.125. The van der Waals surface area contributed by atoms with Crippen LogP contribution >= 0.6 is 0 Å². The zero-order valence-electron chi connectivity index (χ0n) is 17.8. The summed E-state index contributed by atoms with van der Waals surface area (Å²) in [5.74, 6) is 0.0750. The summed E-state index contributed by atoms with van der Waals surface area (Å²) in [7, 11) is 0. The van der Waals surface area contributed by atoms with Crippen molar-refractivity contribution in [2.24, 2.45) is 0 Å². The zero-order chi connectivity index (χ0) is 21.3. The number of amides is 1. The topological polar surface area (TPSA) is 129 Å². The van der Waals surface area contributed by atoms with Crippen LogP contribution in [0, 0.1) is 0 Å². The molecule has 0 spiro atoms. The van der Waals surface area contributed by atoms with Crippen molar-refractivity contribution >= 4 is 5.91 Å². The molecular weight excluding hydrogens is 376 g/mol. The van der Waals surface area contributed by atoms with Gasteiger partial charge in [0.1, 0.15) is 0 Å². The highest BCUT2D eigenvalue weighted by atomic mass is 16.3. The summed E-state index contributed by atoms with van der Waals surface area (Å²) in [4.78, 5) is 16.4. The summed E-state index contributed by atoms with van der Waals surface area (Å²) in [6.45, 7) is 5.16. The van der Waals surface area contributed by atoms with Crippen LogP contribution < -0.4 is 10.6 Å². The molecule has 9 heteroatoms. The molecule has 0 aromatic carbocycles. The van der Waals surface area contributed by atoms with E-state index in [-0.39, 0.29) is 44.4 Å². The van der Waals surface area contributed by atoms with Gasteiger partial charge < -0.3 is 31.1 Å². The number of piperazine rings is 1. The van der Waals surface area contributed by atoms with Gasteiger partial charge in [0.2, 0.25) is 5.91 Å². The maximum absolute atomic E-state index is 12.3. The Morgan fingerprint density at radius 1 is 0.724 bits per heavy atom. The second kappa shape index (κ2) is 16.9. The minimum atomic E-state index is -0.139. The molecule has 6 N–H and O–H groups in total. The fraction of sp³-hybridized carbons (Fsp3) is 0.950. The molecule has 0 radical (unpaired) electrons. The zero-order valence-corrected chi connectivity index (χ0v) is 17.8.